The SMILES string of the molecule is C#C[C@]1(O)[C@H](n2cnc3c(=O)[nH]c(N)nc32)O[C@@]2(COP(=O)(O)OP(=O)(O)OP(=O)(O)O)C[C@@]21O. The maximum Gasteiger partial charge on any atom is 0.490 e. The Morgan fingerprint density at radius 1 is 1.26 bits per heavy atom. The first-order valence-electron chi connectivity index (χ1n) is 8.99. The fraction of sp³-hybridized carbons (Fsp3) is 0.462. The lowest BCUT2D eigenvalue weighted by Crippen LogP contribution is -2.48. The number of anilines is 1. The number of aromatic amines is 1. The van der Waals surface area contributed by atoms with Crippen LogP contribution in [-0.4, -0.2) is 72.7 Å². The summed E-state index contributed by atoms with van der Waals surface area (Å²) in [5, 5.41) is 22.1. The summed E-state index contributed by atoms with van der Waals surface area (Å²) in [7, 11) is -17.0. The van der Waals surface area contributed by atoms with Gasteiger partial charge in [-0.25, -0.2) is 18.7 Å². The van der Waals surface area contributed by atoms with Crippen molar-refractivity contribution in [2.24, 2.45) is 0 Å². The van der Waals surface area contributed by atoms with E-state index in [0.29, 0.717) is 0 Å². The second-order valence-electron chi connectivity index (χ2n) is 7.55. The summed E-state index contributed by atoms with van der Waals surface area (Å²) in [5.74, 6) is 1.65. The van der Waals surface area contributed by atoms with Gasteiger partial charge in [0, 0.05) is 6.42 Å². The van der Waals surface area contributed by atoms with Crippen LogP contribution in [0.3, 0.4) is 0 Å². The van der Waals surface area contributed by atoms with Gasteiger partial charge >= 0.3 is 23.5 Å². The van der Waals surface area contributed by atoms with Gasteiger partial charge in [0.05, 0.1) is 12.9 Å². The van der Waals surface area contributed by atoms with Crippen LogP contribution in [-0.2, 0) is 31.6 Å². The van der Waals surface area contributed by atoms with Crippen LogP contribution >= 0.6 is 23.5 Å². The van der Waals surface area contributed by atoms with E-state index in [-0.39, 0.29) is 17.1 Å². The number of imidazole rings is 1. The molecule has 192 valence electrons. The molecule has 0 amide bonds. The largest absolute Gasteiger partial charge is 0.490 e. The minimum absolute atomic E-state index is 0.196. The van der Waals surface area contributed by atoms with E-state index >= 15 is 0 Å². The Hall–Kier alpha value is -2.00. The molecule has 0 radical (unpaired) electrons. The number of hydrogen-bond donors (Lipinski definition) is 8. The van der Waals surface area contributed by atoms with Crippen LogP contribution in [0.15, 0.2) is 11.1 Å². The van der Waals surface area contributed by atoms with Crippen molar-refractivity contribution in [3.63, 3.8) is 0 Å². The summed E-state index contributed by atoms with van der Waals surface area (Å²) >= 11 is 0. The molecule has 2 aromatic heterocycles. The van der Waals surface area contributed by atoms with Crippen molar-refractivity contribution in [3.8, 4) is 12.3 Å². The van der Waals surface area contributed by atoms with Crippen LogP contribution in [0.1, 0.15) is 12.6 Å². The molecule has 2 unspecified atom stereocenters. The number of nitrogens with one attached hydrogen (secondary N) is 1. The molecule has 1 saturated carbocycles. The van der Waals surface area contributed by atoms with E-state index in [1.165, 1.54) is 0 Å². The third-order valence-corrected chi connectivity index (χ3v) is 9.08. The molecular formula is C13H16N5O14P3. The summed E-state index contributed by atoms with van der Waals surface area (Å²) in [6.45, 7) is -1.09. The average Bonchev–Trinajstić information content (AvgIpc) is 2.98. The minimum Gasteiger partial charge on any atom is -0.382 e. The zero-order valence-corrected chi connectivity index (χ0v) is 19.5. The van der Waals surface area contributed by atoms with Gasteiger partial charge in [-0.1, -0.05) is 5.92 Å². The Bertz CT molecular complexity index is 1460. The molecule has 19 nitrogen and oxygen atoms in total. The van der Waals surface area contributed by atoms with Crippen molar-refractivity contribution < 1.29 is 61.4 Å². The Labute approximate surface area is 192 Å². The quantitative estimate of drug-likeness (QED) is 0.126. The highest BCUT2D eigenvalue weighted by Crippen LogP contribution is 2.70. The normalized spacial score (nSPS) is 33.6. The fourth-order valence-corrected chi connectivity index (χ4v) is 6.82. The summed E-state index contributed by atoms with van der Waals surface area (Å²) in [4.78, 5) is 58.0. The third kappa shape index (κ3) is 4.28. The molecule has 35 heavy (non-hydrogen) atoms. The second kappa shape index (κ2) is 7.75. The number of ether oxygens (including phenoxy) is 1. The maximum absolute atomic E-state index is 12.1. The number of terminal acetylenes is 1. The van der Waals surface area contributed by atoms with E-state index < -0.39 is 65.1 Å². The number of nitrogens with two attached hydrogens (primary N) is 1. The van der Waals surface area contributed by atoms with E-state index in [1.807, 2.05) is 5.92 Å². The van der Waals surface area contributed by atoms with Gasteiger partial charge in [-0.2, -0.15) is 13.6 Å². The number of nitrogens with zero attached hydrogens (tertiary/aromatic N) is 3. The van der Waals surface area contributed by atoms with E-state index in [0.717, 1.165) is 10.9 Å². The highest BCUT2D eigenvalue weighted by Gasteiger charge is 2.86. The molecule has 22 heteroatoms. The molecule has 1 aliphatic carbocycles. The summed E-state index contributed by atoms with van der Waals surface area (Å²) in [6.07, 6.45) is 4.29. The van der Waals surface area contributed by atoms with E-state index in [4.69, 9.17) is 26.7 Å². The molecule has 1 saturated heterocycles. The van der Waals surface area contributed by atoms with Crippen molar-refractivity contribution in [3.05, 3.63) is 16.7 Å². The summed E-state index contributed by atoms with van der Waals surface area (Å²) < 4.78 is 52.7. The molecular weight excluding hydrogens is 543 g/mol. The lowest BCUT2D eigenvalue weighted by Gasteiger charge is -2.29. The Kier molecular flexibility index (Phi) is 5.77. The number of hydrogen-bond acceptors (Lipinski definition) is 13. The Morgan fingerprint density at radius 2 is 1.91 bits per heavy atom. The predicted octanol–water partition coefficient (Wildman–Crippen LogP) is -2.19. The smallest absolute Gasteiger partial charge is 0.382 e. The fourth-order valence-electron chi connectivity index (χ4n) is 3.75. The molecule has 2 aromatic rings. The maximum atomic E-state index is 12.1. The van der Waals surface area contributed by atoms with Crippen LogP contribution in [0, 0.1) is 12.3 Å². The lowest BCUT2D eigenvalue weighted by atomic mass is 9.93. The van der Waals surface area contributed by atoms with Crippen LogP contribution in [0.5, 0.6) is 0 Å². The van der Waals surface area contributed by atoms with Crippen molar-refractivity contribution in [1.29, 1.82) is 0 Å². The first kappa shape index (κ1) is 26.1. The molecule has 3 heterocycles. The zero-order chi connectivity index (χ0) is 26.2. The van der Waals surface area contributed by atoms with Gasteiger partial charge < -0.3 is 40.3 Å². The van der Waals surface area contributed by atoms with Crippen molar-refractivity contribution in [1.82, 2.24) is 19.5 Å². The van der Waals surface area contributed by atoms with Crippen molar-refractivity contribution in [2.75, 3.05) is 12.3 Å². The highest BCUT2D eigenvalue weighted by molar-refractivity contribution is 7.66. The van der Waals surface area contributed by atoms with E-state index in [1.54, 1.807) is 0 Å². The van der Waals surface area contributed by atoms with Gasteiger partial charge in [-0.15, -0.1) is 6.42 Å². The number of fused-ring (bicyclic) bond motifs is 2. The lowest BCUT2D eigenvalue weighted by molar-refractivity contribution is -0.119. The standard InChI is InChI=1S/C13H16N5O14P3/c1-2-12(20)9(18-5-15-6-7(18)16-10(14)17-8(6)19)30-11(3-13(11,12)21)4-29-34(25,26)32-35(27,28)31-33(22,23)24/h1,5,9,20-21H,3-4H2,(H,25,26)(H,27,28)(H2,22,23,24)(H3,14,16,17,19)/t9-,11-,12+,13-/m1/s1. The van der Waals surface area contributed by atoms with Crippen LogP contribution in [0.4, 0.5) is 5.95 Å². The number of H-pyrrole nitrogens is 1. The van der Waals surface area contributed by atoms with Gasteiger partial charge in [-0.3, -0.25) is 18.9 Å². The van der Waals surface area contributed by atoms with Crippen molar-refractivity contribution in [2.45, 2.75) is 29.5 Å². The Morgan fingerprint density at radius 3 is 2.51 bits per heavy atom. The average molecular weight is 559 g/mol. The molecule has 0 bridgehead atoms. The monoisotopic (exact) mass is 559 g/mol. The number of phosphoric acid groups is 3. The zero-order valence-electron chi connectivity index (χ0n) is 16.9. The summed E-state index contributed by atoms with van der Waals surface area (Å²) in [6, 6.07) is 0. The molecule has 2 aliphatic rings. The number of phosphoric ester groups is 1. The van der Waals surface area contributed by atoms with Gasteiger partial charge in [0.15, 0.2) is 17.4 Å². The van der Waals surface area contributed by atoms with Crippen LogP contribution < -0.4 is 11.3 Å². The highest BCUT2D eigenvalue weighted by atomic mass is 31.3. The first-order chi connectivity index (χ1) is 15.9. The van der Waals surface area contributed by atoms with Crippen LogP contribution in [0.25, 0.3) is 11.2 Å². The third-order valence-electron chi connectivity index (χ3n) is 5.30. The minimum atomic E-state index is -5.79. The van der Waals surface area contributed by atoms with E-state index in [2.05, 4.69) is 28.1 Å². The number of aromatic nitrogens is 4. The van der Waals surface area contributed by atoms with Crippen LogP contribution in [0.2, 0.25) is 0 Å². The Balaban J connectivity index is 1.61. The summed E-state index contributed by atoms with van der Waals surface area (Å²) in [5.41, 5.74) is -2.48. The van der Waals surface area contributed by atoms with Gasteiger partial charge in [0.25, 0.3) is 5.56 Å². The van der Waals surface area contributed by atoms with Gasteiger partial charge in [0.2, 0.25) is 11.5 Å². The molecule has 4 rings (SSSR count). The molecule has 0 aromatic carbocycles. The number of aliphatic hydroxyl groups is 2. The van der Waals surface area contributed by atoms with E-state index in [9.17, 15) is 38.5 Å². The second-order valence-corrected chi connectivity index (χ2v) is 12.0. The topological polar surface area (TPSA) is 299 Å². The van der Waals surface area contributed by atoms with Gasteiger partial charge in [0.1, 0.15) is 11.2 Å². The van der Waals surface area contributed by atoms with Crippen molar-refractivity contribution >= 4 is 40.6 Å². The predicted molar refractivity (Wildman–Crippen MR) is 109 cm³/mol. The molecule has 1 aliphatic heterocycles. The number of nitrogen functional groups attached to an aromatic ring is 1. The molecule has 2 fully saturated rings. The molecule has 6 atom stereocenters. The van der Waals surface area contributed by atoms with Gasteiger partial charge in [-0.05, 0) is 0 Å². The number of rotatable bonds is 8. The molecule has 0 spiro atoms. The molecule has 9 N–H and O–H groups in total. The first-order valence-corrected chi connectivity index (χ1v) is 13.5.